The highest BCUT2D eigenvalue weighted by molar-refractivity contribution is 6.44. The van der Waals surface area contributed by atoms with Crippen LogP contribution in [-0.4, -0.2) is 16.1 Å². The molecule has 0 aliphatic rings. The Morgan fingerprint density at radius 2 is 1.89 bits per heavy atom. The molecular formula is C12H6Cl3NO2. The summed E-state index contributed by atoms with van der Waals surface area (Å²) >= 11 is 17.9. The van der Waals surface area contributed by atoms with E-state index in [1.165, 1.54) is 12.3 Å². The lowest BCUT2D eigenvalue weighted by atomic mass is 10.1. The average molecular weight is 303 g/mol. The molecule has 2 aromatic rings. The molecule has 0 amide bonds. The first-order valence-electron chi connectivity index (χ1n) is 4.84. The Morgan fingerprint density at radius 1 is 1.17 bits per heavy atom. The van der Waals surface area contributed by atoms with Crippen LogP contribution in [0.3, 0.4) is 0 Å². The topological polar surface area (TPSA) is 50.2 Å². The molecule has 0 bridgehead atoms. The predicted molar refractivity (Wildman–Crippen MR) is 71.7 cm³/mol. The third-order valence-corrected chi connectivity index (χ3v) is 3.45. The normalized spacial score (nSPS) is 10.4. The zero-order valence-electron chi connectivity index (χ0n) is 8.82. The molecule has 2 rings (SSSR count). The van der Waals surface area contributed by atoms with E-state index in [9.17, 15) is 4.79 Å². The van der Waals surface area contributed by atoms with Gasteiger partial charge in [-0.25, -0.2) is 9.78 Å². The third-order valence-electron chi connectivity index (χ3n) is 2.33. The average Bonchev–Trinajstić information content (AvgIpc) is 2.33. The Morgan fingerprint density at radius 3 is 2.56 bits per heavy atom. The lowest BCUT2D eigenvalue weighted by Gasteiger charge is -2.08. The van der Waals surface area contributed by atoms with E-state index < -0.39 is 5.97 Å². The minimum absolute atomic E-state index is 0.0328. The molecule has 0 aliphatic heterocycles. The fraction of sp³-hybridized carbons (Fsp3) is 0. The molecule has 0 aliphatic carbocycles. The lowest BCUT2D eigenvalue weighted by Crippen LogP contribution is -1.98. The van der Waals surface area contributed by atoms with Crippen LogP contribution in [-0.2, 0) is 0 Å². The van der Waals surface area contributed by atoms with Gasteiger partial charge in [0, 0.05) is 17.3 Å². The fourth-order valence-corrected chi connectivity index (χ4v) is 2.07. The highest BCUT2D eigenvalue weighted by Crippen LogP contribution is 2.36. The highest BCUT2D eigenvalue weighted by Gasteiger charge is 2.14. The maximum atomic E-state index is 10.9. The number of pyridine rings is 1. The van der Waals surface area contributed by atoms with Gasteiger partial charge in [-0.3, -0.25) is 0 Å². The Kier molecular flexibility index (Phi) is 3.76. The largest absolute Gasteiger partial charge is 0.478 e. The smallest absolute Gasteiger partial charge is 0.337 e. The van der Waals surface area contributed by atoms with E-state index in [1.54, 1.807) is 18.2 Å². The fourth-order valence-electron chi connectivity index (χ4n) is 1.47. The third kappa shape index (κ3) is 2.43. The number of aromatic carboxylic acids is 1. The highest BCUT2D eigenvalue weighted by atomic mass is 35.5. The summed E-state index contributed by atoms with van der Waals surface area (Å²) in [5.41, 5.74) is 1.01. The maximum absolute atomic E-state index is 10.9. The van der Waals surface area contributed by atoms with Gasteiger partial charge in [-0.05, 0) is 12.1 Å². The molecule has 18 heavy (non-hydrogen) atoms. The summed E-state index contributed by atoms with van der Waals surface area (Å²) in [7, 11) is 0. The van der Waals surface area contributed by atoms with Gasteiger partial charge < -0.3 is 5.11 Å². The van der Waals surface area contributed by atoms with Crippen LogP contribution in [0.4, 0.5) is 0 Å². The van der Waals surface area contributed by atoms with Gasteiger partial charge in [0.2, 0.25) is 0 Å². The molecule has 1 aromatic heterocycles. The van der Waals surface area contributed by atoms with Crippen molar-refractivity contribution in [2.45, 2.75) is 0 Å². The summed E-state index contributed by atoms with van der Waals surface area (Å²) in [6, 6.07) is 6.45. The number of nitrogens with zero attached hydrogens (tertiary/aromatic N) is 1. The standard InChI is InChI=1S/C12H6Cl3NO2/c13-9-3-1-2-7(10(9)14)8-4-6(12(17)18)5-16-11(8)15/h1-5H,(H,17,18). The monoisotopic (exact) mass is 301 g/mol. The number of hydrogen-bond donors (Lipinski definition) is 1. The Bertz CT molecular complexity index is 629. The zero-order chi connectivity index (χ0) is 13.3. The van der Waals surface area contributed by atoms with E-state index in [0.717, 1.165) is 0 Å². The molecule has 1 N–H and O–H groups in total. The first-order valence-corrected chi connectivity index (χ1v) is 5.97. The molecule has 0 saturated carbocycles. The van der Waals surface area contributed by atoms with Crippen molar-refractivity contribution >= 4 is 40.8 Å². The summed E-state index contributed by atoms with van der Waals surface area (Å²) < 4.78 is 0. The second kappa shape index (κ2) is 5.14. The number of benzene rings is 1. The van der Waals surface area contributed by atoms with Crippen LogP contribution in [0, 0.1) is 0 Å². The summed E-state index contributed by atoms with van der Waals surface area (Å²) in [5.74, 6) is -1.08. The SMILES string of the molecule is O=C(O)c1cnc(Cl)c(-c2cccc(Cl)c2Cl)c1. The molecular weight excluding hydrogens is 296 g/mol. The van der Waals surface area contributed by atoms with Crippen molar-refractivity contribution in [3.05, 3.63) is 51.2 Å². The van der Waals surface area contributed by atoms with E-state index in [-0.39, 0.29) is 10.7 Å². The molecule has 0 spiro atoms. The van der Waals surface area contributed by atoms with Gasteiger partial charge in [0.05, 0.1) is 15.6 Å². The zero-order valence-corrected chi connectivity index (χ0v) is 11.1. The van der Waals surface area contributed by atoms with E-state index in [0.29, 0.717) is 21.2 Å². The van der Waals surface area contributed by atoms with Crippen molar-refractivity contribution in [1.82, 2.24) is 4.98 Å². The summed E-state index contributed by atoms with van der Waals surface area (Å²) in [4.78, 5) is 14.7. The van der Waals surface area contributed by atoms with Crippen molar-refractivity contribution in [3.8, 4) is 11.1 Å². The van der Waals surface area contributed by atoms with E-state index in [4.69, 9.17) is 39.9 Å². The van der Waals surface area contributed by atoms with Gasteiger partial charge in [0.25, 0.3) is 0 Å². The van der Waals surface area contributed by atoms with Gasteiger partial charge >= 0.3 is 5.97 Å². The van der Waals surface area contributed by atoms with Crippen molar-refractivity contribution in [1.29, 1.82) is 0 Å². The van der Waals surface area contributed by atoms with E-state index in [2.05, 4.69) is 4.98 Å². The summed E-state index contributed by atoms with van der Waals surface area (Å²) in [5, 5.41) is 9.78. The van der Waals surface area contributed by atoms with Gasteiger partial charge in [0.15, 0.2) is 0 Å². The number of carboxylic acid groups (broad SMARTS) is 1. The number of hydrogen-bond acceptors (Lipinski definition) is 2. The molecule has 1 heterocycles. The van der Waals surface area contributed by atoms with Gasteiger partial charge in [-0.1, -0.05) is 46.9 Å². The van der Waals surface area contributed by atoms with Crippen LogP contribution in [0.2, 0.25) is 15.2 Å². The predicted octanol–water partition coefficient (Wildman–Crippen LogP) is 4.41. The van der Waals surface area contributed by atoms with E-state index in [1.807, 2.05) is 0 Å². The van der Waals surface area contributed by atoms with Gasteiger partial charge in [0.1, 0.15) is 5.15 Å². The van der Waals surface area contributed by atoms with Crippen LogP contribution in [0.1, 0.15) is 10.4 Å². The molecule has 0 atom stereocenters. The number of carboxylic acids is 1. The molecule has 0 unspecified atom stereocenters. The second-order valence-electron chi connectivity index (χ2n) is 3.47. The van der Waals surface area contributed by atoms with Crippen LogP contribution in [0.5, 0.6) is 0 Å². The van der Waals surface area contributed by atoms with Crippen molar-refractivity contribution in [2.24, 2.45) is 0 Å². The van der Waals surface area contributed by atoms with Crippen molar-refractivity contribution < 1.29 is 9.90 Å². The molecule has 0 fully saturated rings. The molecule has 0 radical (unpaired) electrons. The maximum Gasteiger partial charge on any atom is 0.337 e. The number of carbonyl (C=O) groups is 1. The van der Waals surface area contributed by atoms with Crippen molar-refractivity contribution in [3.63, 3.8) is 0 Å². The number of aromatic nitrogens is 1. The molecule has 0 saturated heterocycles. The molecule has 3 nitrogen and oxygen atoms in total. The number of rotatable bonds is 2. The first kappa shape index (κ1) is 13.1. The van der Waals surface area contributed by atoms with E-state index >= 15 is 0 Å². The Labute approximate surface area is 118 Å². The van der Waals surface area contributed by atoms with Gasteiger partial charge in [-0.15, -0.1) is 0 Å². The van der Waals surface area contributed by atoms with Crippen LogP contribution in [0.15, 0.2) is 30.5 Å². The first-order chi connectivity index (χ1) is 8.50. The van der Waals surface area contributed by atoms with Crippen LogP contribution < -0.4 is 0 Å². The Hall–Kier alpha value is -1.29. The second-order valence-corrected chi connectivity index (χ2v) is 4.61. The quantitative estimate of drug-likeness (QED) is 0.836. The minimum atomic E-state index is -1.08. The summed E-state index contributed by atoms with van der Waals surface area (Å²) in [6.07, 6.45) is 1.19. The lowest BCUT2D eigenvalue weighted by molar-refractivity contribution is 0.0696. The number of halogens is 3. The van der Waals surface area contributed by atoms with Gasteiger partial charge in [-0.2, -0.15) is 0 Å². The molecule has 1 aromatic carbocycles. The van der Waals surface area contributed by atoms with Crippen LogP contribution >= 0.6 is 34.8 Å². The van der Waals surface area contributed by atoms with Crippen molar-refractivity contribution in [2.75, 3.05) is 0 Å². The summed E-state index contributed by atoms with van der Waals surface area (Å²) in [6.45, 7) is 0. The molecule has 92 valence electrons. The van der Waals surface area contributed by atoms with Crippen LogP contribution in [0.25, 0.3) is 11.1 Å². The minimum Gasteiger partial charge on any atom is -0.478 e. The Balaban J connectivity index is 2.66. The molecule has 6 heteroatoms.